The van der Waals surface area contributed by atoms with E-state index in [2.05, 4.69) is 17.0 Å². The summed E-state index contributed by atoms with van der Waals surface area (Å²) in [4.78, 5) is 12.2. The number of benzene rings is 2. The Labute approximate surface area is 133 Å². The standard InChI is InChI=1S/C17H18FN3O2/c18-16-8-14(21(22)23)7-6-13(16)9-20-10-15(17(19)11-20)12-4-2-1-3-5-12/h1-8,15,17H,9-11,19H2/t15-,17+/m0/s1. The maximum Gasteiger partial charge on any atom is 0.272 e. The number of rotatable bonds is 4. The minimum atomic E-state index is -0.593. The second-order valence-corrected chi connectivity index (χ2v) is 5.91. The number of hydrogen-bond acceptors (Lipinski definition) is 4. The van der Waals surface area contributed by atoms with Gasteiger partial charge in [0, 0.05) is 43.2 Å². The number of non-ortho nitro benzene ring substituents is 1. The van der Waals surface area contributed by atoms with Crippen LogP contribution < -0.4 is 5.73 Å². The number of nitro groups is 1. The van der Waals surface area contributed by atoms with Gasteiger partial charge in [0.15, 0.2) is 0 Å². The molecule has 1 heterocycles. The zero-order chi connectivity index (χ0) is 16.4. The van der Waals surface area contributed by atoms with Crippen molar-refractivity contribution in [2.45, 2.75) is 18.5 Å². The average Bonchev–Trinajstić information content (AvgIpc) is 2.90. The van der Waals surface area contributed by atoms with Crippen LogP contribution in [0.3, 0.4) is 0 Å². The molecule has 0 spiro atoms. The molecule has 2 aromatic rings. The van der Waals surface area contributed by atoms with Crippen molar-refractivity contribution in [3.8, 4) is 0 Å². The smallest absolute Gasteiger partial charge is 0.272 e. The molecule has 0 amide bonds. The van der Waals surface area contributed by atoms with Crippen LogP contribution in [0, 0.1) is 15.9 Å². The summed E-state index contributed by atoms with van der Waals surface area (Å²) in [6.07, 6.45) is 0. The van der Waals surface area contributed by atoms with Crippen LogP contribution in [0.15, 0.2) is 48.5 Å². The number of nitrogens with two attached hydrogens (primary N) is 1. The normalized spacial score (nSPS) is 21.5. The molecule has 120 valence electrons. The molecule has 0 radical (unpaired) electrons. The Kier molecular flexibility index (Phi) is 4.36. The summed E-state index contributed by atoms with van der Waals surface area (Å²) in [6.45, 7) is 1.83. The Bertz CT molecular complexity index is 708. The van der Waals surface area contributed by atoms with E-state index in [4.69, 9.17) is 5.73 Å². The highest BCUT2D eigenvalue weighted by atomic mass is 19.1. The Balaban J connectivity index is 1.71. The lowest BCUT2D eigenvalue weighted by Crippen LogP contribution is -2.28. The van der Waals surface area contributed by atoms with Crippen LogP contribution >= 0.6 is 0 Å². The highest BCUT2D eigenvalue weighted by Crippen LogP contribution is 2.28. The molecule has 2 atom stereocenters. The van der Waals surface area contributed by atoms with Gasteiger partial charge in [0.1, 0.15) is 5.82 Å². The average molecular weight is 315 g/mol. The van der Waals surface area contributed by atoms with Crippen molar-refractivity contribution < 1.29 is 9.31 Å². The van der Waals surface area contributed by atoms with Crippen LogP contribution in [0.1, 0.15) is 17.0 Å². The van der Waals surface area contributed by atoms with Crippen LogP contribution in [-0.2, 0) is 6.54 Å². The van der Waals surface area contributed by atoms with Gasteiger partial charge in [-0.15, -0.1) is 0 Å². The molecular formula is C17H18FN3O2. The second-order valence-electron chi connectivity index (χ2n) is 5.91. The number of hydrogen-bond donors (Lipinski definition) is 1. The van der Waals surface area contributed by atoms with E-state index in [0.717, 1.165) is 12.6 Å². The van der Waals surface area contributed by atoms with Crippen LogP contribution in [0.4, 0.5) is 10.1 Å². The molecule has 23 heavy (non-hydrogen) atoms. The summed E-state index contributed by atoms with van der Waals surface area (Å²) in [5.74, 6) is -0.326. The van der Waals surface area contributed by atoms with E-state index in [9.17, 15) is 14.5 Å². The third-order valence-corrected chi connectivity index (χ3v) is 4.31. The van der Waals surface area contributed by atoms with Gasteiger partial charge in [-0.2, -0.15) is 0 Å². The number of nitrogens with zero attached hydrogens (tertiary/aromatic N) is 2. The Hall–Kier alpha value is -2.31. The monoisotopic (exact) mass is 315 g/mol. The topological polar surface area (TPSA) is 72.4 Å². The van der Waals surface area contributed by atoms with Gasteiger partial charge in [0.05, 0.1) is 11.0 Å². The van der Waals surface area contributed by atoms with Crippen LogP contribution in [0.25, 0.3) is 0 Å². The van der Waals surface area contributed by atoms with Crippen molar-refractivity contribution in [3.63, 3.8) is 0 Å². The van der Waals surface area contributed by atoms with E-state index in [1.807, 2.05) is 18.2 Å². The number of nitro benzene ring substituents is 1. The fourth-order valence-electron chi connectivity index (χ4n) is 3.11. The van der Waals surface area contributed by atoms with Crippen molar-refractivity contribution in [2.75, 3.05) is 13.1 Å². The molecule has 6 heteroatoms. The van der Waals surface area contributed by atoms with Gasteiger partial charge in [-0.3, -0.25) is 15.0 Å². The van der Waals surface area contributed by atoms with Crippen LogP contribution in [-0.4, -0.2) is 29.0 Å². The summed E-state index contributed by atoms with van der Waals surface area (Å²) in [5.41, 5.74) is 7.64. The third kappa shape index (κ3) is 3.38. The van der Waals surface area contributed by atoms with Crippen molar-refractivity contribution >= 4 is 5.69 Å². The molecule has 1 saturated heterocycles. The minimum Gasteiger partial charge on any atom is -0.326 e. The largest absolute Gasteiger partial charge is 0.326 e. The molecule has 5 nitrogen and oxygen atoms in total. The zero-order valence-corrected chi connectivity index (χ0v) is 12.6. The molecule has 0 aliphatic carbocycles. The molecule has 3 rings (SSSR count). The lowest BCUT2D eigenvalue weighted by molar-refractivity contribution is -0.385. The van der Waals surface area contributed by atoms with E-state index in [1.54, 1.807) is 0 Å². The molecule has 2 N–H and O–H groups in total. The van der Waals surface area contributed by atoms with Crippen molar-refractivity contribution in [2.24, 2.45) is 5.73 Å². The van der Waals surface area contributed by atoms with Gasteiger partial charge in [-0.25, -0.2) is 4.39 Å². The zero-order valence-electron chi connectivity index (χ0n) is 12.6. The number of halogens is 1. The maximum absolute atomic E-state index is 14.0. The first-order valence-electron chi connectivity index (χ1n) is 7.50. The lowest BCUT2D eigenvalue weighted by atomic mass is 9.95. The van der Waals surface area contributed by atoms with Gasteiger partial charge in [0.2, 0.25) is 0 Å². The van der Waals surface area contributed by atoms with Gasteiger partial charge in [0.25, 0.3) is 5.69 Å². The first kappa shape index (κ1) is 15.6. The Morgan fingerprint density at radius 3 is 2.61 bits per heavy atom. The quantitative estimate of drug-likeness (QED) is 0.695. The Morgan fingerprint density at radius 1 is 1.22 bits per heavy atom. The lowest BCUT2D eigenvalue weighted by Gasteiger charge is -2.16. The number of likely N-dealkylation sites (tertiary alicyclic amines) is 1. The fourth-order valence-corrected chi connectivity index (χ4v) is 3.11. The molecule has 0 bridgehead atoms. The summed E-state index contributed by atoms with van der Waals surface area (Å²) in [5, 5.41) is 10.7. The molecular weight excluding hydrogens is 297 g/mol. The van der Waals surface area contributed by atoms with E-state index in [-0.39, 0.29) is 17.6 Å². The predicted molar refractivity (Wildman–Crippen MR) is 85.5 cm³/mol. The van der Waals surface area contributed by atoms with Gasteiger partial charge < -0.3 is 5.73 Å². The van der Waals surface area contributed by atoms with Gasteiger partial charge in [-0.05, 0) is 11.6 Å². The molecule has 1 aliphatic rings. The SMILES string of the molecule is N[C@@H]1CN(Cc2ccc([N+](=O)[O-])cc2F)C[C@H]1c1ccccc1. The molecule has 0 aromatic heterocycles. The maximum atomic E-state index is 14.0. The van der Waals surface area contributed by atoms with Gasteiger partial charge >= 0.3 is 0 Å². The first-order chi connectivity index (χ1) is 11.0. The molecule has 0 saturated carbocycles. The highest BCUT2D eigenvalue weighted by molar-refractivity contribution is 5.34. The third-order valence-electron chi connectivity index (χ3n) is 4.31. The predicted octanol–water partition coefficient (Wildman–Crippen LogP) is 2.66. The summed E-state index contributed by atoms with van der Waals surface area (Å²) in [6, 6.07) is 13.8. The highest BCUT2D eigenvalue weighted by Gasteiger charge is 2.31. The van der Waals surface area contributed by atoms with Crippen LogP contribution in [0.5, 0.6) is 0 Å². The second kappa shape index (κ2) is 6.44. The molecule has 1 aliphatic heterocycles. The summed E-state index contributed by atoms with van der Waals surface area (Å²) < 4.78 is 14.0. The van der Waals surface area contributed by atoms with E-state index >= 15 is 0 Å². The molecule has 1 fully saturated rings. The minimum absolute atomic E-state index is 0.00138. The first-order valence-corrected chi connectivity index (χ1v) is 7.50. The summed E-state index contributed by atoms with van der Waals surface area (Å²) in [7, 11) is 0. The Morgan fingerprint density at radius 2 is 1.96 bits per heavy atom. The van der Waals surface area contributed by atoms with Crippen LogP contribution in [0.2, 0.25) is 0 Å². The van der Waals surface area contributed by atoms with E-state index < -0.39 is 10.7 Å². The van der Waals surface area contributed by atoms with Crippen molar-refractivity contribution in [3.05, 3.63) is 75.6 Å². The fraction of sp³-hybridized carbons (Fsp3) is 0.294. The van der Waals surface area contributed by atoms with E-state index in [0.29, 0.717) is 18.7 Å². The van der Waals surface area contributed by atoms with Gasteiger partial charge in [-0.1, -0.05) is 30.3 Å². The van der Waals surface area contributed by atoms with Crippen molar-refractivity contribution in [1.29, 1.82) is 0 Å². The van der Waals surface area contributed by atoms with Crippen molar-refractivity contribution in [1.82, 2.24) is 4.90 Å². The van der Waals surface area contributed by atoms with E-state index in [1.165, 1.54) is 17.7 Å². The summed E-state index contributed by atoms with van der Waals surface area (Å²) >= 11 is 0. The molecule has 2 aromatic carbocycles. The molecule has 0 unspecified atom stereocenters.